The molecule has 55 heavy (non-hydrogen) atoms. The summed E-state index contributed by atoms with van der Waals surface area (Å²) in [6.45, 7) is 0. The zero-order valence-electron chi connectivity index (χ0n) is 30.5. The van der Waals surface area contributed by atoms with Gasteiger partial charge in [0.1, 0.15) is 11.2 Å². The molecule has 0 radical (unpaired) electrons. The molecule has 0 bridgehead atoms. The van der Waals surface area contributed by atoms with Crippen molar-refractivity contribution in [3.8, 4) is 67.5 Å². The van der Waals surface area contributed by atoms with E-state index >= 15 is 0 Å². The standard InChI is InChI=1S/C51H39N3O/c1-4-11-34(12-5-1)37-19-25-40(26-20-37)44-17-10-18-46-48(44)45-32-31-43(33-47(45)55-46)51-53-49(41-27-21-38(22-28-41)35-13-6-2-7-14-35)52-50(54-51)42-29-23-39(24-30-42)36-15-8-3-9-16-36/h1-2,4-7,10-14,17-33,36H,3,8-9,15-16H2. The van der Waals surface area contributed by atoms with E-state index < -0.39 is 0 Å². The van der Waals surface area contributed by atoms with Gasteiger partial charge in [0, 0.05) is 27.5 Å². The van der Waals surface area contributed by atoms with Gasteiger partial charge in [-0.25, -0.2) is 15.0 Å². The van der Waals surface area contributed by atoms with Crippen LogP contribution in [0.1, 0.15) is 43.6 Å². The molecule has 4 heteroatoms. The maximum absolute atomic E-state index is 6.55. The molecular formula is C51H39N3O. The van der Waals surface area contributed by atoms with Gasteiger partial charge in [0.05, 0.1) is 0 Å². The summed E-state index contributed by atoms with van der Waals surface area (Å²) in [4.78, 5) is 15.3. The highest BCUT2D eigenvalue weighted by Gasteiger charge is 2.19. The van der Waals surface area contributed by atoms with Crippen molar-refractivity contribution in [3.63, 3.8) is 0 Å². The molecule has 4 nitrogen and oxygen atoms in total. The van der Waals surface area contributed by atoms with Gasteiger partial charge in [0.25, 0.3) is 0 Å². The molecule has 0 aliphatic heterocycles. The fourth-order valence-corrected chi connectivity index (χ4v) is 8.22. The Bertz CT molecular complexity index is 2750. The second kappa shape index (κ2) is 14.3. The first kappa shape index (κ1) is 33.0. The molecule has 1 aliphatic rings. The maximum atomic E-state index is 6.55. The summed E-state index contributed by atoms with van der Waals surface area (Å²) in [5.74, 6) is 2.55. The smallest absolute Gasteiger partial charge is 0.164 e. The van der Waals surface area contributed by atoms with Crippen LogP contribution in [-0.2, 0) is 0 Å². The third-order valence-corrected chi connectivity index (χ3v) is 11.2. The summed E-state index contributed by atoms with van der Waals surface area (Å²) >= 11 is 0. The van der Waals surface area contributed by atoms with Crippen LogP contribution < -0.4 is 0 Å². The summed E-state index contributed by atoms with van der Waals surface area (Å²) in [6.07, 6.45) is 6.51. The number of hydrogen-bond donors (Lipinski definition) is 0. The van der Waals surface area contributed by atoms with Crippen LogP contribution in [0.5, 0.6) is 0 Å². The van der Waals surface area contributed by atoms with Crippen LogP contribution in [0.4, 0.5) is 0 Å². The molecule has 9 aromatic rings. The Morgan fingerprint density at radius 1 is 0.382 bits per heavy atom. The summed E-state index contributed by atoms with van der Waals surface area (Å²) in [7, 11) is 0. The summed E-state index contributed by atoms with van der Waals surface area (Å²) in [5.41, 5.74) is 12.9. The highest BCUT2D eigenvalue weighted by Crippen LogP contribution is 2.39. The zero-order valence-corrected chi connectivity index (χ0v) is 30.5. The third kappa shape index (κ3) is 6.51. The van der Waals surface area contributed by atoms with E-state index in [-0.39, 0.29) is 0 Å². The van der Waals surface area contributed by atoms with Crippen LogP contribution in [-0.4, -0.2) is 15.0 Å². The monoisotopic (exact) mass is 709 g/mol. The van der Waals surface area contributed by atoms with E-state index in [0.29, 0.717) is 23.4 Å². The molecule has 0 N–H and O–H groups in total. The minimum absolute atomic E-state index is 0.613. The number of aromatic nitrogens is 3. The van der Waals surface area contributed by atoms with Gasteiger partial charge in [-0.3, -0.25) is 0 Å². The normalized spacial score (nSPS) is 13.4. The fraction of sp³-hybridized carbons (Fsp3) is 0.118. The highest BCUT2D eigenvalue weighted by molar-refractivity contribution is 6.13. The van der Waals surface area contributed by atoms with Gasteiger partial charge in [-0.1, -0.05) is 171 Å². The predicted molar refractivity (Wildman–Crippen MR) is 226 cm³/mol. The van der Waals surface area contributed by atoms with Crippen molar-refractivity contribution in [2.24, 2.45) is 0 Å². The van der Waals surface area contributed by atoms with Crippen molar-refractivity contribution in [2.45, 2.75) is 38.0 Å². The van der Waals surface area contributed by atoms with Crippen molar-refractivity contribution in [2.75, 3.05) is 0 Å². The number of fused-ring (bicyclic) bond motifs is 3. The number of benzene rings is 7. The van der Waals surface area contributed by atoms with Gasteiger partial charge in [-0.15, -0.1) is 0 Å². The lowest BCUT2D eigenvalue weighted by Crippen LogP contribution is -2.04. The molecule has 0 spiro atoms. The molecule has 2 heterocycles. The largest absolute Gasteiger partial charge is 0.456 e. The molecule has 1 aliphatic carbocycles. The Morgan fingerprint density at radius 2 is 0.873 bits per heavy atom. The first-order valence-corrected chi connectivity index (χ1v) is 19.4. The van der Waals surface area contributed by atoms with Crippen LogP contribution in [0, 0.1) is 0 Å². The van der Waals surface area contributed by atoms with Crippen LogP contribution in [0.2, 0.25) is 0 Å². The van der Waals surface area contributed by atoms with Gasteiger partial charge in [0.15, 0.2) is 17.5 Å². The van der Waals surface area contributed by atoms with Gasteiger partial charge in [-0.05, 0) is 75.9 Å². The summed E-state index contributed by atoms with van der Waals surface area (Å²) < 4.78 is 6.55. The fourth-order valence-electron chi connectivity index (χ4n) is 8.22. The lowest BCUT2D eigenvalue weighted by atomic mass is 9.84. The van der Waals surface area contributed by atoms with Crippen molar-refractivity contribution in [1.82, 2.24) is 15.0 Å². The molecule has 2 aromatic heterocycles. The highest BCUT2D eigenvalue weighted by atomic mass is 16.3. The number of furan rings is 1. The molecule has 0 unspecified atom stereocenters. The van der Waals surface area contributed by atoms with Gasteiger partial charge in [-0.2, -0.15) is 0 Å². The topological polar surface area (TPSA) is 51.8 Å². The van der Waals surface area contributed by atoms with Crippen LogP contribution in [0.3, 0.4) is 0 Å². The molecule has 10 rings (SSSR count). The van der Waals surface area contributed by atoms with E-state index in [1.165, 1.54) is 54.4 Å². The SMILES string of the molecule is c1ccc(-c2ccc(-c3nc(-c4ccc(C5CCCCC5)cc4)nc(-c4ccc5c(c4)oc4cccc(-c6ccc(-c7ccccc7)cc6)c45)n3)cc2)cc1. The van der Waals surface area contributed by atoms with Crippen molar-refractivity contribution < 1.29 is 4.42 Å². The van der Waals surface area contributed by atoms with E-state index in [9.17, 15) is 0 Å². The summed E-state index contributed by atoms with van der Waals surface area (Å²) in [6, 6.07) is 59.7. The van der Waals surface area contributed by atoms with Gasteiger partial charge < -0.3 is 4.42 Å². The second-order valence-electron chi connectivity index (χ2n) is 14.6. The first-order valence-electron chi connectivity index (χ1n) is 19.4. The number of hydrogen-bond acceptors (Lipinski definition) is 4. The Labute approximate surface area is 321 Å². The second-order valence-corrected chi connectivity index (χ2v) is 14.6. The molecule has 0 saturated heterocycles. The summed E-state index contributed by atoms with van der Waals surface area (Å²) in [5, 5.41) is 2.16. The number of nitrogens with zero attached hydrogens (tertiary/aromatic N) is 3. The van der Waals surface area contributed by atoms with Gasteiger partial charge >= 0.3 is 0 Å². The Balaban J connectivity index is 1.04. The maximum Gasteiger partial charge on any atom is 0.164 e. The number of rotatable bonds is 7. The quantitative estimate of drug-likeness (QED) is 0.165. The molecule has 264 valence electrons. The van der Waals surface area contributed by atoms with Crippen LogP contribution in [0.15, 0.2) is 174 Å². The van der Waals surface area contributed by atoms with Crippen molar-refractivity contribution >= 4 is 21.9 Å². The Kier molecular flexibility index (Phi) is 8.57. The Hall–Kier alpha value is -6.65. The molecule has 0 atom stereocenters. The molecule has 0 amide bonds. The van der Waals surface area contributed by atoms with Crippen molar-refractivity contribution in [3.05, 3.63) is 175 Å². The van der Waals surface area contributed by atoms with E-state index in [1.54, 1.807) is 0 Å². The lowest BCUT2D eigenvalue weighted by Gasteiger charge is -2.22. The molecular weight excluding hydrogens is 671 g/mol. The average molecular weight is 710 g/mol. The van der Waals surface area contributed by atoms with Crippen LogP contribution >= 0.6 is 0 Å². The van der Waals surface area contributed by atoms with E-state index in [1.807, 2.05) is 18.2 Å². The minimum Gasteiger partial charge on any atom is -0.456 e. The van der Waals surface area contributed by atoms with E-state index in [4.69, 9.17) is 19.4 Å². The third-order valence-electron chi connectivity index (χ3n) is 11.2. The molecule has 7 aromatic carbocycles. The van der Waals surface area contributed by atoms with Crippen LogP contribution in [0.25, 0.3) is 89.5 Å². The van der Waals surface area contributed by atoms with E-state index in [0.717, 1.165) is 55.3 Å². The first-order chi connectivity index (χ1) is 27.2. The zero-order chi connectivity index (χ0) is 36.6. The average Bonchev–Trinajstić information content (AvgIpc) is 3.66. The molecule has 1 fully saturated rings. The predicted octanol–water partition coefficient (Wildman–Crippen LogP) is 13.8. The minimum atomic E-state index is 0.613. The van der Waals surface area contributed by atoms with Crippen molar-refractivity contribution in [1.29, 1.82) is 0 Å². The van der Waals surface area contributed by atoms with Gasteiger partial charge in [0.2, 0.25) is 0 Å². The molecule has 1 saturated carbocycles. The Morgan fingerprint density at radius 3 is 1.47 bits per heavy atom. The van der Waals surface area contributed by atoms with E-state index in [2.05, 4.69) is 152 Å². The lowest BCUT2D eigenvalue weighted by molar-refractivity contribution is 0.443.